The normalized spacial score (nSPS) is 19.2. The van der Waals surface area contributed by atoms with Gasteiger partial charge in [0.25, 0.3) is 0 Å². The van der Waals surface area contributed by atoms with Crippen molar-refractivity contribution >= 4 is 20.9 Å². The van der Waals surface area contributed by atoms with E-state index in [0.717, 1.165) is 12.8 Å². The zero-order valence-corrected chi connectivity index (χ0v) is 12.0. The van der Waals surface area contributed by atoms with E-state index in [1.165, 1.54) is 24.3 Å². The minimum absolute atomic E-state index is 0.109. The molecule has 0 aliphatic carbocycles. The Morgan fingerprint density at radius 1 is 1.21 bits per heavy atom. The molecule has 7 heteroatoms. The van der Waals surface area contributed by atoms with Gasteiger partial charge in [-0.25, -0.2) is 12.6 Å². The van der Waals surface area contributed by atoms with E-state index >= 15 is 0 Å². The number of rotatable bonds is 4. The van der Waals surface area contributed by atoms with Gasteiger partial charge < -0.3 is 9.29 Å². The van der Waals surface area contributed by atoms with Crippen molar-refractivity contribution in [2.24, 2.45) is 5.92 Å². The van der Waals surface area contributed by atoms with E-state index in [9.17, 15) is 12.6 Å². The van der Waals surface area contributed by atoms with Crippen LogP contribution < -0.4 is 0 Å². The summed E-state index contributed by atoms with van der Waals surface area (Å²) in [7, 11) is -3.34. The molecule has 1 unspecified atom stereocenters. The second-order valence-electron chi connectivity index (χ2n) is 4.56. The van der Waals surface area contributed by atoms with Gasteiger partial charge in [-0.05, 0) is 43.0 Å². The Morgan fingerprint density at radius 2 is 1.79 bits per heavy atom. The van der Waals surface area contributed by atoms with Crippen LogP contribution in [0, 0.1) is 5.92 Å². The lowest BCUT2D eigenvalue weighted by molar-refractivity contribution is 0.0723. The fourth-order valence-corrected chi connectivity index (χ4v) is 4.15. The van der Waals surface area contributed by atoms with Crippen LogP contribution in [0.4, 0.5) is 0 Å². The van der Waals surface area contributed by atoms with Gasteiger partial charge in [-0.15, -0.1) is 0 Å². The van der Waals surface area contributed by atoms with E-state index in [2.05, 4.69) is 0 Å². The zero-order chi connectivity index (χ0) is 13.9. The third-order valence-electron chi connectivity index (χ3n) is 3.18. The molecule has 1 heterocycles. The summed E-state index contributed by atoms with van der Waals surface area (Å²) in [6, 6.07) is 5.51. The zero-order valence-electron chi connectivity index (χ0n) is 10.3. The highest BCUT2D eigenvalue weighted by Crippen LogP contribution is 2.22. The van der Waals surface area contributed by atoms with Crippen molar-refractivity contribution in [3.63, 3.8) is 0 Å². The molecule has 1 N–H and O–H groups in total. The molecule has 1 aliphatic rings. The number of ether oxygens (including phenoxy) is 1. The summed E-state index contributed by atoms with van der Waals surface area (Å²) in [6.45, 7) is 1.23. The molecule has 1 atom stereocenters. The Hall–Kier alpha value is -0.760. The van der Waals surface area contributed by atoms with Crippen LogP contribution in [-0.4, -0.2) is 36.1 Å². The van der Waals surface area contributed by atoms with Crippen molar-refractivity contribution in [1.29, 1.82) is 0 Å². The molecule has 1 aromatic rings. The largest absolute Gasteiger partial charge is 0.381 e. The van der Waals surface area contributed by atoms with Crippen LogP contribution in [0.25, 0.3) is 0 Å². The molecular weight excluding hydrogens is 288 g/mol. The molecular formula is C12H16O5S2. The van der Waals surface area contributed by atoms with Crippen molar-refractivity contribution in [1.82, 2.24) is 0 Å². The molecule has 0 bridgehead atoms. The highest BCUT2D eigenvalue weighted by molar-refractivity contribution is 7.91. The van der Waals surface area contributed by atoms with E-state index in [0.29, 0.717) is 13.2 Å². The van der Waals surface area contributed by atoms with Crippen LogP contribution in [0.5, 0.6) is 0 Å². The second kappa shape index (κ2) is 6.13. The van der Waals surface area contributed by atoms with E-state index in [1.54, 1.807) is 0 Å². The summed E-state index contributed by atoms with van der Waals surface area (Å²) in [6.07, 6.45) is 1.52. The van der Waals surface area contributed by atoms with E-state index in [-0.39, 0.29) is 21.5 Å². The SMILES string of the molecule is O=S(O)c1ccc(S(=O)(=O)CC2CCOCC2)cc1. The molecule has 0 saturated carbocycles. The first-order valence-corrected chi connectivity index (χ1v) is 8.76. The molecule has 0 amide bonds. The maximum absolute atomic E-state index is 12.2. The summed E-state index contributed by atoms with van der Waals surface area (Å²) < 4.78 is 49.3. The smallest absolute Gasteiger partial charge is 0.186 e. The standard InChI is InChI=1S/C12H16O5S2/c13-18(14)11-1-3-12(4-2-11)19(15,16)9-10-5-7-17-8-6-10/h1-4,10H,5-9H2,(H,13,14). The number of sulfone groups is 1. The molecule has 0 radical (unpaired) electrons. The first-order chi connectivity index (χ1) is 8.99. The molecule has 19 heavy (non-hydrogen) atoms. The average molecular weight is 304 g/mol. The lowest BCUT2D eigenvalue weighted by atomic mass is 10.0. The van der Waals surface area contributed by atoms with Gasteiger partial charge in [0.05, 0.1) is 15.5 Å². The summed E-state index contributed by atoms with van der Waals surface area (Å²) in [4.78, 5) is 0.401. The topological polar surface area (TPSA) is 80.7 Å². The highest BCUT2D eigenvalue weighted by Gasteiger charge is 2.23. The number of benzene rings is 1. The molecule has 0 aromatic heterocycles. The first kappa shape index (κ1) is 14.6. The quantitative estimate of drug-likeness (QED) is 0.852. The van der Waals surface area contributed by atoms with Gasteiger partial charge in [-0.3, -0.25) is 0 Å². The second-order valence-corrected chi connectivity index (χ2v) is 7.56. The van der Waals surface area contributed by atoms with Crippen molar-refractivity contribution in [3.8, 4) is 0 Å². The third kappa shape index (κ3) is 3.85. The highest BCUT2D eigenvalue weighted by atomic mass is 32.2. The van der Waals surface area contributed by atoms with Crippen LogP contribution in [0.3, 0.4) is 0 Å². The predicted octanol–water partition coefficient (Wildman–Crippen LogP) is 1.47. The van der Waals surface area contributed by atoms with Gasteiger partial charge >= 0.3 is 0 Å². The van der Waals surface area contributed by atoms with Crippen LogP contribution >= 0.6 is 0 Å². The van der Waals surface area contributed by atoms with Crippen molar-refractivity contribution in [3.05, 3.63) is 24.3 Å². The Morgan fingerprint density at radius 3 is 2.32 bits per heavy atom. The third-order valence-corrected chi connectivity index (χ3v) is 5.76. The molecule has 0 spiro atoms. The van der Waals surface area contributed by atoms with E-state index in [1.807, 2.05) is 0 Å². The molecule has 106 valence electrons. The fraction of sp³-hybridized carbons (Fsp3) is 0.500. The maximum Gasteiger partial charge on any atom is 0.186 e. The van der Waals surface area contributed by atoms with Gasteiger partial charge in [-0.1, -0.05) is 0 Å². The monoisotopic (exact) mass is 304 g/mol. The van der Waals surface area contributed by atoms with Crippen LogP contribution in [0.1, 0.15) is 12.8 Å². The van der Waals surface area contributed by atoms with Gasteiger partial charge in [0.1, 0.15) is 0 Å². The van der Waals surface area contributed by atoms with Crippen LogP contribution in [0.2, 0.25) is 0 Å². The lowest BCUT2D eigenvalue weighted by Gasteiger charge is -2.21. The van der Waals surface area contributed by atoms with Gasteiger partial charge in [0, 0.05) is 13.2 Å². The Kier molecular flexibility index (Phi) is 4.72. The average Bonchev–Trinajstić information content (AvgIpc) is 2.39. The predicted molar refractivity (Wildman–Crippen MR) is 71.1 cm³/mol. The van der Waals surface area contributed by atoms with Crippen LogP contribution in [0.15, 0.2) is 34.1 Å². The van der Waals surface area contributed by atoms with Gasteiger partial charge in [0.2, 0.25) is 0 Å². The molecule has 5 nitrogen and oxygen atoms in total. The fourth-order valence-electron chi connectivity index (χ4n) is 2.08. The lowest BCUT2D eigenvalue weighted by Crippen LogP contribution is -2.23. The van der Waals surface area contributed by atoms with Crippen molar-refractivity contribution in [2.75, 3.05) is 19.0 Å². The summed E-state index contributed by atoms with van der Waals surface area (Å²) in [5, 5.41) is 0. The summed E-state index contributed by atoms with van der Waals surface area (Å²) >= 11 is -2.08. The summed E-state index contributed by atoms with van der Waals surface area (Å²) in [5.74, 6) is 0.239. The summed E-state index contributed by atoms with van der Waals surface area (Å²) in [5.41, 5.74) is 0. The Bertz CT molecular complexity index is 544. The maximum atomic E-state index is 12.2. The minimum Gasteiger partial charge on any atom is -0.381 e. The Balaban J connectivity index is 2.12. The number of hydrogen-bond donors (Lipinski definition) is 1. The van der Waals surface area contributed by atoms with E-state index in [4.69, 9.17) is 9.29 Å². The minimum atomic E-state index is -3.34. The number of hydrogen-bond acceptors (Lipinski definition) is 4. The van der Waals surface area contributed by atoms with Crippen molar-refractivity contribution in [2.45, 2.75) is 22.6 Å². The van der Waals surface area contributed by atoms with Crippen LogP contribution in [-0.2, 0) is 25.7 Å². The Labute approximate surface area is 115 Å². The van der Waals surface area contributed by atoms with Gasteiger partial charge in [0.15, 0.2) is 20.9 Å². The molecule has 1 fully saturated rings. The van der Waals surface area contributed by atoms with Gasteiger partial charge in [-0.2, -0.15) is 0 Å². The first-order valence-electron chi connectivity index (χ1n) is 6.00. The molecule has 1 aliphatic heterocycles. The molecule has 1 aromatic carbocycles. The molecule has 1 saturated heterocycles. The molecule has 2 rings (SSSR count). The van der Waals surface area contributed by atoms with E-state index < -0.39 is 20.9 Å². The van der Waals surface area contributed by atoms with Crippen molar-refractivity contribution < 1.29 is 21.9 Å².